The van der Waals surface area contributed by atoms with Crippen molar-refractivity contribution in [1.82, 2.24) is 0 Å². The Kier molecular flexibility index (Phi) is 4.82. The van der Waals surface area contributed by atoms with Crippen LogP contribution < -0.4 is 5.73 Å². The van der Waals surface area contributed by atoms with Crippen LogP contribution in [0.25, 0.3) is 0 Å². The lowest BCUT2D eigenvalue weighted by Gasteiger charge is -1.94. The van der Waals surface area contributed by atoms with Gasteiger partial charge in [-0.1, -0.05) is 18.7 Å². The number of rotatable bonds is 3. The summed E-state index contributed by atoms with van der Waals surface area (Å²) in [6, 6.07) is 0. The van der Waals surface area contributed by atoms with Gasteiger partial charge in [-0.15, -0.1) is 0 Å². The Morgan fingerprint density at radius 1 is 1.55 bits per heavy atom. The largest absolute Gasteiger partial charge is 0.398 e. The summed E-state index contributed by atoms with van der Waals surface area (Å²) in [5, 5.41) is 0. The summed E-state index contributed by atoms with van der Waals surface area (Å²) < 4.78 is 0. The molecule has 0 aliphatic heterocycles. The molecule has 0 saturated heterocycles. The topological polar surface area (TPSA) is 38.4 Å². The zero-order chi connectivity index (χ0) is 8.69. The third-order valence-corrected chi connectivity index (χ3v) is 1.19. The second-order valence-electron chi connectivity index (χ2n) is 2.12. The summed E-state index contributed by atoms with van der Waals surface area (Å²) in [6.07, 6.45) is 7.00. The highest BCUT2D eigenvalue weighted by molar-refractivity contribution is 5.79. The number of hydrogen-bond acceptors (Lipinski definition) is 2. The van der Waals surface area contributed by atoms with Gasteiger partial charge in [0, 0.05) is 19.0 Å². The van der Waals surface area contributed by atoms with Crippen molar-refractivity contribution in [3.63, 3.8) is 0 Å². The van der Waals surface area contributed by atoms with Crippen molar-refractivity contribution >= 4 is 6.21 Å². The monoisotopic (exact) mass is 150 g/mol. The molecule has 60 valence electrons. The molecule has 0 unspecified atom stereocenters. The fourth-order valence-corrected chi connectivity index (χ4v) is 0.571. The van der Waals surface area contributed by atoms with Gasteiger partial charge in [-0.3, -0.25) is 4.99 Å². The van der Waals surface area contributed by atoms with Gasteiger partial charge in [-0.2, -0.15) is 0 Å². The third kappa shape index (κ3) is 4.14. The average molecular weight is 150 g/mol. The first-order valence-corrected chi connectivity index (χ1v) is 3.40. The molecule has 0 aliphatic rings. The van der Waals surface area contributed by atoms with Crippen LogP contribution in [0, 0.1) is 0 Å². The van der Waals surface area contributed by atoms with Crippen LogP contribution in [-0.2, 0) is 0 Å². The Balaban J connectivity index is 4.38. The predicted molar refractivity (Wildman–Crippen MR) is 50.6 cm³/mol. The van der Waals surface area contributed by atoms with Gasteiger partial charge in [0.1, 0.15) is 0 Å². The highest BCUT2D eigenvalue weighted by atomic mass is 14.6. The third-order valence-electron chi connectivity index (χ3n) is 1.19. The maximum absolute atomic E-state index is 5.64. The average Bonchev–Trinajstić information content (AvgIpc) is 2.00. The molecule has 0 bridgehead atoms. The van der Waals surface area contributed by atoms with Crippen molar-refractivity contribution in [2.24, 2.45) is 10.7 Å². The van der Waals surface area contributed by atoms with Crippen LogP contribution in [0.1, 0.15) is 6.92 Å². The molecular weight excluding hydrogens is 136 g/mol. The van der Waals surface area contributed by atoms with Crippen LogP contribution in [0.15, 0.2) is 41.1 Å². The summed E-state index contributed by atoms with van der Waals surface area (Å²) in [5.41, 5.74) is 7.32. The smallest absolute Gasteiger partial charge is 0.0359 e. The van der Waals surface area contributed by atoms with Crippen LogP contribution in [0.2, 0.25) is 0 Å². The molecule has 0 spiro atoms. The van der Waals surface area contributed by atoms with Gasteiger partial charge in [0.2, 0.25) is 0 Å². The van der Waals surface area contributed by atoms with Gasteiger partial charge in [0.15, 0.2) is 0 Å². The van der Waals surface area contributed by atoms with E-state index in [-0.39, 0.29) is 0 Å². The van der Waals surface area contributed by atoms with E-state index in [1.807, 2.05) is 6.92 Å². The molecule has 0 fully saturated rings. The first-order valence-electron chi connectivity index (χ1n) is 3.40. The first-order chi connectivity index (χ1) is 5.22. The van der Waals surface area contributed by atoms with E-state index >= 15 is 0 Å². The molecule has 0 rings (SSSR count). The van der Waals surface area contributed by atoms with E-state index in [1.54, 1.807) is 31.5 Å². The molecule has 0 saturated carbocycles. The second-order valence-corrected chi connectivity index (χ2v) is 2.12. The Morgan fingerprint density at radius 2 is 2.18 bits per heavy atom. The summed E-state index contributed by atoms with van der Waals surface area (Å²) in [6.45, 7) is 5.45. The number of allylic oxidation sites excluding steroid dienone is 4. The maximum atomic E-state index is 5.64. The fraction of sp³-hybridized carbons (Fsp3) is 0.222. The van der Waals surface area contributed by atoms with Crippen LogP contribution in [-0.4, -0.2) is 13.3 Å². The Labute approximate surface area is 67.8 Å². The molecule has 11 heavy (non-hydrogen) atoms. The molecule has 0 aliphatic carbocycles. The van der Waals surface area contributed by atoms with Gasteiger partial charge in [-0.25, -0.2) is 0 Å². The van der Waals surface area contributed by atoms with E-state index in [0.717, 1.165) is 11.3 Å². The molecule has 0 aromatic heterocycles. The minimum absolute atomic E-state index is 0.718. The molecule has 0 atom stereocenters. The van der Waals surface area contributed by atoms with Crippen LogP contribution in [0.5, 0.6) is 0 Å². The van der Waals surface area contributed by atoms with Gasteiger partial charge in [0.05, 0.1) is 0 Å². The zero-order valence-corrected chi connectivity index (χ0v) is 7.04. The molecular formula is C9H14N2. The molecule has 0 heterocycles. The lowest BCUT2D eigenvalue weighted by atomic mass is 10.2. The van der Waals surface area contributed by atoms with Crippen molar-refractivity contribution in [2.45, 2.75) is 6.92 Å². The maximum Gasteiger partial charge on any atom is 0.0359 e. The number of aliphatic imine (C=N–C) groups is 1. The Morgan fingerprint density at radius 3 is 2.64 bits per heavy atom. The molecule has 2 heteroatoms. The second kappa shape index (κ2) is 5.47. The SMILES string of the molecule is C=C\C=C/C(N)=C(C)/C=N\C. The van der Waals surface area contributed by atoms with Gasteiger partial charge in [0.25, 0.3) is 0 Å². The van der Waals surface area contributed by atoms with E-state index in [2.05, 4.69) is 11.6 Å². The number of nitrogens with zero attached hydrogens (tertiary/aromatic N) is 1. The number of hydrogen-bond donors (Lipinski definition) is 1. The van der Waals surface area contributed by atoms with Gasteiger partial charge in [-0.05, 0) is 18.6 Å². The lowest BCUT2D eigenvalue weighted by Crippen LogP contribution is -1.97. The molecule has 0 aromatic carbocycles. The molecule has 0 aromatic rings. The quantitative estimate of drug-likeness (QED) is 0.482. The Hall–Kier alpha value is -1.31. The van der Waals surface area contributed by atoms with E-state index in [4.69, 9.17) is 5.73 Å². The molecule has 0 radical (unpaired) electrons. The van der Waals surface area contributed by atoms with Crippen molar-refractivity contribution in [2.75, 3.05) is 7.05 Å². The van der Waals surface area contributed by atoms with E-state index in [9.17, 15) is 0 Å². The highest BCUT2D eigenvalue weighted by Gasteiger charge is 1.87. The molecule has 0 amide bonds. The highest BCUT2D eigenvalue weighted by Crippen LogP contribution is 1.95. The van der Waals surface area contributed by atoms with Crippen LogP contribution in [0.4, 0.5) is 0 Å². The van der Waals surface area contributed by atoms with Crippen LogP contribution in [0.3, 0.4) is 0 Å². The number of nitrogens with two attached hydrogens (primary N) is 1. The van der Waals surface area contributed by atoms with E-state index in [1.165, 1.54) is 0 Å². The normalized spacial score (nSPS) is 14.0. The molecule has 2 N–H and O–H groups in total. The van der Waals surface area contributed by atoms with Crippen molar-refractivity contribution < 1.29 is 0 Å². The lowest BCUT2D eigenvalue weighted by molar-refractivity contribution is 1.34. The van der Waals surface area contributed by atoms with Crippen molar-refractivity contribution in [3.05, 3.63) is 36.1 Å². The Bertz CT molecular complexity index is 210. The van der Waals surface area contributed by atoms with Gasteiger partial charge >= 0.3 is 0 Å². The molecule has 2 nitrogen and oxygen atoms in total. The standard InChI is InChI=1S/C9H14N2/c1-4-5-6-9(10)8(2)7-11-3/h4-7H,1,10H2,2-3H3/b6-5-,9-8-,11-7-. The van der Waals surface area contributed by atoms with Crippen LogP contribution >= 0.6 is 0 Å². The summed E-state index contributed by atoms with van der Waals surface area (Å²) in [5.74, 6) is 0. The van der Waals surface area contributed by atoms with Crippen molar-refractivity contribution in [1.29, 1.82) is 0 Å². The summed E-state index contributed by atoms with van der Waals surface area (Å²) >= 11 is 0. The minimum Gasteiger partial charge on any atom is -0.398 e. The van der Waals surface area contributed by atoms with Gasteiger partial charge < -0.3 is 5.73 Å². The summed E-state index contributed by atoms with van der Waals surface area (Å²) in [4.78, 5) is 3.84. The fourth-order valence-electron chi connectivity index (χ4n) is 0.571. The van der Waals surface area contributed by atoms with E-state index in [0.29, 0.717) is 0 Å². The van der Waals surface area contributed by atoms with E-state index < -0.39 is 0 Å². The zero-order valence-electron chi connectivity index (χ0n) is 7.04. The first kappa shape index (κ1) is 9.69. The van der Waals surface area contributed by atoms with Crippen molar-refractivity contribution in [3.8, 4) is 0 Å². The predicted octanol–water partition coefficient (Wildman–Crippen LogP) is 1.66. The summed E-state index contributed by atoms with van der Waals surface area (Å²) in [7, 11) is 1.72. The minimum atomic E-state index is 0.718.